The first kappa shape index (κ1) is 12.3. The summed E-state index contributed by atoms with van der Waals surface area (Å²) in [5.74, 6) is 1.10. The van der Waals surface area contributed by atoms with E-state index in [-0.39, 0.29) is 16.9 Å². The lowest BCUT2D eigenvalue weighted by atomic mass is 10.1. The van der Waals surface area contributed by atoms with Gasteiger partial charge in [0.2, 0.25) is 5.43 Å². The second-order valence-electron chi connectivity index (χ2n) is 4.19. The van der Waals surface area contributed by atoms with Gasteiger partial charge in [0.15, 0.2) is 22.8 Å². The monoisotopic (exact) mass is 272 g/mol. The Labute approximate surface area is 114 Å². The Balaban J connectivity index is 2.49. The molecule has 0 unspecified atom stereocenters. The first-order valence-corrected chi connectivity index (χ1v) is 5.89. The van der Waals surface area contributed by atoms with Crippen LogP contribution in [-0.4, -0.2) is 19.2 Å². The normalized spacial score (nSPS) is 10.9. The van der Waals surface area contributed by atoms with E-state index in [0.717, 1.165) is 0 Å². The molecule has 0 saturated heterocycles. The Morgan fingerprint density at radius 1 is 1.25 bits per heavy atom. The van der Waals surface area contributed by atoms with Gasteiger partial charge in [0.1, 0.15) is 17.0 Å². The molecular formula is C14H12N2O4. The fraction of sp³-hybridized carbons (Fsp3) is 0.143. The van der Waals surface area contributed by atoms with Gasteiger partial charge in [0.05, 0.1) is 14.2 Å². The van der Waals surface area contributed by atoms with Crippen molar-refractivity contribution in [1.82, 2.24) is 4.98 Å². The molecule has 0 bridgehead atoms. The number of fused-ring (bicyclic) bond motifs is 2. The number of aromatic nitrogens is 1. The highest BCUT2D eigenvalue weighted by molar-refractivity contribution is 5.85. The second kappa shape index (κ2) is 4.41. The molecule has 2 N–H and O–H groups in total. The fourth-order valence-corrected chi connectivity index (χ4v) is 2.10. The zero-order valence-electron chi connectivity index (χ0n) is 11.0. The number of benzene rings is 2. The van der Waals surface area contributed by atoms with Crippen molar-refractivity contribution in [2.75, 3.05) is 20.0 Å². The van der Waals surface area contributed by atoms with Gasteiger partial charge in [-0.05, 0) is 12.1 Å². The molecule has 0 amide bonds. The maximum Gasteiger partial charge on any atom is 0.209 e. The average Bonchev–Trinajstić information content (AvgIpc) is 2.46. The van der Waals surface area contributed by atoms with Crippen LogP contribution in [0.5, 0.6) is 11.5 Å². The second-order valence-corrected chi connectivity index (χ2v) is 4.19. The number of nitrogens with two attached hydrogens (primary N) is 1. The maximum atomic E-state index is 11.8. The van der Waals surface area contributed by atoms with Crippen LogP contribution in [0.1, 0.15) is 0 Å². The van der Waals surface area contributed by atoms with Gasteiger partial charge in [-0.25, -0.2) is 4.98 Å². The smallest absolute Gasteiger partial charge is 0.209 e. The number of para-hydroxylation sites is 1. The summed E-state index contributed by atoms with van der Waals surface area (Å²) in [4.78, 5) is 16.2. The summed E-state index contributed by atoms with van der Waals surface area (Å²) in [6.07, 6.45) is 0. The molecule has 1 aliphatic carbocycles. The fourth-order valence-electron chi connectivity index (χ4n) is 2.10. The Morgan fingerprint density at radius 3 is 2.75 bits per heavy atom. The van der Waals surface area contributed by atoms with Crippen molar-refractivity contribution < 1.29 is 13.9 Å². The van der Waals surface area contributed by atoms with E-state index in [1.165, 1.54) is 13.2 Å². The molecule has 1 aromatic carbocycles. The van der Waals surface area contributed by atoms with Crippen molar-refractivity contribution in [2.45, 2.75) is 0 Å². The Morgan fingerprint density at radius 2 is 2.05 bits per heavy atom. The number of nitrogen functional groups attached to an aromatic ring is 1. The van der Waals surface area contributed by atoms with Gasteiger partial charge in [-0.2, -0.15) is 0 Å². The molecular weight excluding hydrogens is 260 g/mol. The molecule has 1 aromatic rings. The minimum absolute atomic E-state index is 0.0111. The van der Waals surface area contributed by atoms with E-state index >= 15 is 0 Å². The van der Waals surface area contributed by atoms with Crippen LogP contribution < -0.4 is 20.6 Å². The summed E-state index contributed by atoms with van der Waals surface area (Å²) < 4.78 is 16.1. The van der Waals surface area contributed by atoms with Crippen LogP contribution in [0.25, 0.3) is 22.6 Å². The molecule has 0 atom stereocenters. The maximum absolute atomic E-state index is 11.8. The third kappa shape index (κ3) is 1.65. The third-order valence-electron chi connectivity index (χ3n) is 3.05. The van der Waals surface area contributed by atoms with Gasteiger partial charge in [-0.3, -0.25) is 4.79 Å². The zero-order chi connectivity index (χ0) is 14.3. The predicted octanol–water partition coefficient (Wildman–Crippen LogP) is 1.89. The molecule has 0 fully saturated rings. The SMILES string of the molecule is COc1c2nc3c(OC)cccc3oc-2cc(=O)c1N. The van der Waals surface area contributed by atoms with Crippen molar-refractivity contribution >= 4 is 16.8 Å². The number of ether oxygens (including phenoxy) is 2. The summed E-state index contributed by atoms with van der Waals surface area (Å²) in [7, 11) is 2.98. The quantitative estimate of drug-likeness (QED) is 0.566. The number of rotatable bonds is 2. The van der Waals surface area contributed by atoms with Crippen LogP contribution in [0.3, 0.4) is 0 Å². The average molecular weight is 272 g/mol. The lowest BCUT2D eigenvalue weighted by Gasteiger charge is -2.13. The molecule has 20 heavy (non-hydrogen) atoms. The van der Waals surface area contributed by atoms with Crippen LogP contribution in [0.2, 0.25) is 0 Å². The molecule has 0 radical (unpaired) electrons. The highest BCUT2D eigenvalue weighted by Gasteiger charge is 2.21. The summed E-state index contributed by atoms with van der Waals surface area (Å²) in [6.45, 7) is 0. The molecule has 1 heterocycles. The summed E-state index contributed by atoms with van der Waals surface area (Å²) in [5, 5.41) is 0. The van der Waals surface area contributed by atoms with Crippen molar-refractivity contribution in [1.29, 1.82) is 0 Å². The van der Waals surface area contributed by atoms with E-state index in [4.69, 9.17) is 19.6 Å². The van der Waals surface area contributed by atoms with E-state index in [2.05, 4.69) is 4.98 Å². The molecule has 0 aromatic heterocycles. The molecule has 0 saturated carbocycles. The van der Waals surface area contributed by atoms with Crippen molar-refractivity contribution in [3.63, 3.8) is 0 Å². The number of hydrogen-bond donors (Lipinski definition) is 1. The van der Waals surface area contributed by atoms with E-state index in [1.54, 1.807) is 25.3 Å². The summed E-state index contributed by atoms with van der Waals surface area (Å²) >= 11 is 0. The van der Waals surface area contributed by atoms with Crippen LogP contribution >= 0.6 is 0 Å². The zero-order valence-corrected chi connectivity index (χ0v) is 11.0. The van der Waals surface area contributed by atoms with Gasteiger partial charge in [-0.1, -0.05) is 6.07 Å². The van der Waals surface area contributed by atoms with Gasteiger partial charge < -0.3 is 19.6 Å². The molecule has 2 aliphatic rings. The van der Waals surface area contributed by atoms with Crippen molar-refractivity contribution in [3.05, 3.63) is 34.5 Å². The molecule has 0 spiro atoms. The molecule has 3 rings (SSSR count). The standard InChI is InChI=1S/C14H12N2O4/c1-18-8-4-3-5-9-12(8)16-13-10(20-9)6-7(17)11(15)14(13)19-2/h3-6H,15H2,1-2H3. The lowest BCUT2D eigenvalue weighted by molar-refractivity contribution is 0.412. The van der Waals surface area contributed by atoms with Crippen molar-refractivity contribution in [2.24, 2.45) is 0 Å². The minimum Gasteiger partial charge on any atom is -0.494 e. The largest absolute Gasteiger partial charge is 0.494 e. The van der Waals surface area contributed by atoms with E-state index in [0.29, 0.717) is 28.3 Å². The summed E-state index contributed by atoms with van der Waals surface area (Å²) in [5.41, 5.74) is 6.82. The predicted molar refractivity (Wildman–Crippen MR) is 74.4 cm³/mol. The van der Waals surface area contributed by atoms with Crippen molar-refractivity contribution in [3.8, 4) is 23.0 Å². The van der Waals surface area contributed by atoms with E-state index in [1.807, 2.05) is 0 Å². The number of anilines is 1. The van der Waals surface area contributed by atoms with Crippen LogP contribution in [-0.2, 0) is 0 Å². The highest BCUT2D eigenvalue weighted by Crippen LogP contribution is 2.36. The van der Waals surface area contributed by atoms with Gasteiger partial charge >= 0.3 is 0 Å². The Hall–Kier alpha value is -2.76. The molecule has 6 heteroatoms. The van der Waals surface area contributed by atoms with Gasteiger partial charge in [0.25, 0.3) is 0 Å². The first-order valence-electron chi connectivity index (χ1n) is 5.89. The number of hydrogen-bond acceptors (Lipinski definition) is 6. The molecule has 102 valence electrons. The molecule has 1 aliphatic heterocycles. The third-order valence-corrected chi connectivity index (χ3v) is 3.05. The highest BCUT2D eigenvalue weighted by atomic mass is 16.5. The Bertz CT molecular complexity index is 825. The van der Waals surface area contributed by atoms with Gasteiger partial charge in [-0.15, -0.1) is 0 Å². The van der Waals surface area contributed by atoms with Crippen LogP contribution in [0.15, 0.2) is 33.5 Å². The van der Waals surface area contributed by atoms with E-state index in [9.17, 15) is 4.79 Å². The lowest BCUT2D eigenvalue weighted by Crippen LogP contribution is -2.11. The first-order chi connectivity index (χ1) is 9.65. The molecule has 6 nitrogen and oxygen atoms in total. The van der Waals surface area contributed by atoms with Gasteiger partial charge in [0, 0.05) is 6.07 Å². The van der Waals surface area contributed by atoms with E-state index < -0.39 is 0 Å². The number of nitrogens with zero attached hydrogens (tertiary/aromatic N) is 1. The minimum atomic E-state index is -0.359. The summed E-state index contributed by atoms with van der Waals surface area (Å²) in [6, 6.07) is 6.61. The van der Waals surface area contributed by atoms with Crippen LogP contribution in [0, 0.1) is 0 Å². The van der Waals surface area contributed by atoms with Crippen LogP contribution in [0.4, 0.5) is 5.69 Å². The number of methoxy groups -OCH3 is 2. The Kier molecular flexibility index (Phi) is 2.71. The topological polar surface area (TPSA) is 87.6 Å².